The predicted octanol–water partition coefficient (Wildman–Crippen LogP) is 4.75. The maximum absolute atomic E-state index is 13.8. The second kappa shape index (κ2) is 9.69. The first-order valence-electron chi connectivity index (χ1n) is 11.7. The van der Waals surface area contributed by atoms with E-state index in [2.05, 4.69) is 25.7 Å². The molecule has 1 fully saturated rings. The highest BCUT2D eigenvalue weighted by Gasteiger charge is 2.44. The van der Waals surface area contributed by atoms with Crippen molar-refractivity contribution in [3.05, 3.63) is 59.8 Å². The normalized spacial score (nSPS) is 21.1. The van der Waals surface area contributed by atoms with E-state index < -0.39 is 0 Å². The Morgan fingerprint density at radius 2 is 1.61 bits per heavy atom. The molecule has 0 bridgehead atoms. The fourth-order valence-corrected chi connectivity index (χ4v) is 4.89. The number of anilines is 1. The summed E-state index contributed by atoms with van der Waals surface area (Å²) in [6, 6.07) is 14.6. The Morgan fingerprint density at radius 1 is 0.939 bits per heavy atom. The molecule has 0 N–H and O–H groups in total. The molecule has 2 aliphatic rings. The monoisotopic (exact) mass is 448 g/mol. The zero-order chi connectivity index (χ0) is 23.5. The summed E-state index contributed by atoms with van der Waals surface area (Å²) in [6.07, 6.45) is 2.03. The van der Waals surface area contributed by atoms with Gasteiger partial charge < -0.3 is 14.4 Å². The Morgan fingerprint density at radius 3 is 2.24 bits per heavy atom. The molecule has 6 nitrogen and oxygen atoms in total. The zero-order valence-electron chi connectivity index (χ0n) is 19.8. The van der Waals surface area contributed by atoms with Crippen LogP contribution in [0.5, 0.6) is 11.5 Å². The summed E-state index contributed by atoms with van der Waals surface area (Å²) >= 11 is 0. The third-order valence-electron chi connectivity index (χ3n) is 6.19. The minimum atomic E-state index is -0.326. The highest BCUT2D eigenvalue weighted by atomic mass is 16.5. The number of methoxy groups -OCH3 is 1. The number of nitrogens with zero attached hydrogens (tertiary/aromatic N) is 2. The van der Waals surface area contributed by atoms with E-state index in [1.165, 1.54) is 4.90 Å². The maximum atomic E-state index is 13.8. The second-order valence-corrected chi connectivity index (χ2v) is 9.07. The smallest absolute Gasteiger partial charge is 0.282 e. The lowest BCUT2D eigenvalue weighted by Crippen LogP contribution is -2.42. The van der Waals surface area contributed by atoms with E-state index >= 15 is 0 Å². The lowest BCUT2D eigenvalue weighted by molar-refractivity contribution is -0.120. The Hall–Kier alpha value is -3.28. The maximum Gasteiger partial charge on any atom is 0.282 e. The molecule has 33 heavy (non-hydrogen) atoms. The van der Waals surface area contributed by atoms with Crippen molar-refractivity contribution in [2.45, 2.75) is 33.6 Å². The number of para-hydroxylation sites is 2. The number of piperidine rings is 1. The Bertz CT molecular complexity index is 1050. The van der Waals surface area contributed by atoms with Crippen LogP contribution in [-0.2, 0) is 9.59 Å². The number of benzene rings is 2. The first-order chi connectivity index (χ1) is 15.9. The molecule has 2 amide bonds. The van der Waals surface area contributed by atoms with Gasteiger partial charge in [-0.3, -0.25) is 9.59 Å². The van der Waals surface area contributed by atoms with Crippen molar-refractivity contribution in [2.75, 3.05) is 31.7 Å². The molecule has 4 rings (SSSR count). The van der Waals surface area contributed by atoms with E-state index in [0.29, 0.717) is 41.1 Å². The van der Waals surface area contributed by atoms with Gasteiger partial charge in [-0.1, -0.05) is 45.0 Å². The van der Waals surface area contributed by atoms with Gasteiger partial charge in [0.1, 0.15) is 17.2 Å². The van der Waals surface area contributed by atoms with Crippen molar-refractivity contribution < 1.29 is 19.1 Å². The molecule has 0 aromatic heterocycles. The number of hydrogen-bond donors (Lipinski definition) is 0. The number of likely N-dealkylation sites (tertiary alicyclic amines) is 1. The first kappa shape index (κ1) is 22.9. The molecule has 2 aromatic rings. The van der Waals surface area contributed by atoms with E-state index in [4.69, 9.17) is 9.47 Å². The predicted molar refractivity (Wildman–Crippen MR) is 129 cm³/mol. The fourth-order valence-electron chi connectivity index (χ4n) is 4.89. The van der Waals surface area contributed by atoms with Crippen LogP contribution in [0.15, 0.2) is 54.2 Å². The summed E-state index contributed by atoms with van der Waals surface area (Å²) in [5.41, 5.74) is 2.10. The summed E-state index contributed by atoms with van der Waals surface area (Å²) in [5, 5.41) is 0. The van der Waals surface area contributed by atoms with E-state index in [0.717, 1.165) is 37.2 Å². The van der Waals surface area contributed by atoms with Crippen LogP contribution in [0, 0.1) is 11.8 Å². The van der Waals surface area contributed by atoms with E-state index in [1.807, 2.05) is 30.3 Å². The SMILES string of the molecule is CCCOc1ccc(C2=C(N3CC(C)CC(C)C3)C(=O)N(c3ccccc3OC)C2=O)cc1. The average molecular weight is 449 g/mol. The molecule has 0 aliphatic carbocycles. The topological polar surface area (TPSA) is 59.1 Å². The fraction of sp³-hybridized carbons (Fsp3) is 0.407. The lowest BCUT2D eigenvalue weighted by atomic mass is 9.91. The zero-order valence-corrected chi connectivity index (χ0v) is 19.8. The summed E-state index contributed by atoms with van der Waals surface area (Å²) < 4.78 is 11.2. The number of hydrogen-bond acceptors (Lipinski definition) is 5. The summed E-state index contributed by atoms with van der Waals surface area (Å²) in [7, 11) is 1.54. The Balaban J connectivity index is 1.79. The third kappa shape index (κ3) is 4.47. The van der Waals surface area contributed by atoms with Gasteiger partial charge in [-0.05, 0) is 54.5 Å². The van der Waals surface area contributed by atoms with E-state index in [-0.39, 0.29) is 11.8 Å². The van der Waals surface area contributed by atoms with Crippen LogP contribution in [0.4, 0.5) is 5.69 Å². The van der Waals surface area contributed by atoms with Crippen LogP contribution in [-0.4, -0.2) is 43.5 Å². The Kier molecular flexibility index (Phi) is 6.72. The standard InChI is InChI=1S/C27H32N2O4/c1-5-14-33-21-12-10-20(11-13-21)24-25(28-16-18(2)15-19(3)17-28)27(31)29(26(24)30)22-8-6-7-9-23(22)32-4/h6-13,18-19H,5,14-17H2,1-4H3. The molecule has 2 aliphatic heterocycles. The molecule has 6 heteroatoms. The van der Waals surface area contributed by atoms with Gasteiger partial charge >= 0.3 is 0 Å². The van der Waals surface area contributed by atoms with Gasteiger partial charge in [0.05, 0.1) is 25.0 Å². The quantitative estimate of drug-likeness (QED) is 0.573. The molecular formula is C27H32N2O4. The van der Waals surface area contributed by atoms with Gasteiger partial charge in [0.2, 0.25) is 0 Å². The molecule has 2 heterocycles. The van der Waals surface area contributed by atoms with E-state index in [1.54, 1.807) is 25.3 Å². The number of imide groups is 1. The van der Waals surface area contributed by atoms with Crippen molar-refractivity contribution in [1.29, 1.82) is 0 Å². The van der Waals surface area contributed by atoms with Gasteiger partial charge in [0.25, 0.3) is 11.8 Å². The molecule has 2 atom stereocenters. The second-order valence-electron chi connectivity index (χ2n) is 9.07. The van der Waals surface area contributed by atoms with Crippen molar-refractivity contribution in [2.24, 2.45) is 11.8 Å². The largest absolute Gasteiger partial charge is 0.495 e. The number of carbonyl (C=O) groups is 2. The first-order valence-corrected chi connectivity index (χ1v) is 11.7. The average Bonchev–Trinajstić information content (AvgIpc) is 3.07. The molecule has 2 unspecified atom stereocenters. The van der Waals surface area contributed by atoms with Gasteiger partial charge in [0.15, 0.2) is 0 Å². The number of amides is 2. The minimum Gasteiger partial charge on any atom is -0.495 e. The highest BCUT2D eigenvalue weighted by molar-refractivity contribution is 6.45. The van der Waals surface area contributed by atoms with Crippen LogP contribution in [0.2, 0.25) is 0 Å². The molecule has 1 saturated heterocycles. The number of ether oxygens (including phenoxy) is 2. The van der Waals surface area contributed by atoms with Gasteiger partial charge in [-0.2, -0.15) is 0 Å². The van der Waals surface area contributed by atoms with Crippen LogP contribution < -0.4 is 14.4 Å². The van der Waals surface area contributed by atoms with Gasteiger partial charge in [0, 0.05) is 13.1 Å². The molecule has 2 aromatic carbocycles. The third-order valence-corrected chi connectivity index (χ3v) is 6.19. The highest BCUT2D eigenvalue weighted by Crippen LogP contribution is 2.40. The number of carbonyl (C=O) groups excluding carboxylic acids is 2. The molecular weight excluding hydrogens is 416 g/mol. The van der Waals surface area contributed by atoms with Gasteiger partial charge in [-0.25, -0.2) is 4.90 Å². The van der Waals surface area contributed by atoms with Crippen molar-refractivity contribution in [3.8, 4) is 11.5 Å². The van der Waals surface area contributed by atoms with Crippen LogP contribution >= 0.6 is 0 Å². The Labute approximate surface area is 195 Å². The van der Waals surface area contributed by atoms with Crippen LogP contribution in [0.25, 0.3) is 5.57 Å². The number of rotatable bonds is 7. The lowest BCUT2D eigenvalue weighted by Gasteiger charge is -2.37. The van der Waals surface area contributed by atoms with Crippen molar-refractivity contribution in [3.63, 3.8) is 0 Å². The molecule has 0 saturated carbocycles. The van der Waals surface area contributed by atoms with E-state index in [9.17, 15) is 9.59 Å². The molecule has 0 spiro atoms. The summed E-state index contributed by atoms with van der Waals surface area (Å²) in [4.78, 5) is 31.0. The molecule has 0 radical (unpaired) electrons. The summed E-state index contributed by atoms with van der Waals surface area (Å²) in [6.45, 7) is 8.58. The molecule has 174 valence electrons. The minimum absolute atomic E-state index is 0.299. The van der Waals surface area contributed by atoms with Gasteiger partial charge in [-0.15, -0.1) is 0 Å². The van der Waals surface area contributed by atoms with Crippen molar-refractivity contribution >= 4 is 23.1 Å². The van der Waals surface area contributed by atoms with Crippen molar-refractivity contribution in [1.82, 2.24) is 4.90 Å². The van der Waals surface area contributed by atoms with Crippen LogP contribution in [0.3, 0.4) is 0 Å². The van der Waals surface area contributed by atoms with Crippen LogP contribution in [0.1, 0.15) is 39.2 Å². The summed E-state index contributed by atoms with van der Waals surface area (Å²) in [5.74, 6) is 1.50.